The van der Waals surface area contributed by atoms with Crippen molar-refractivity contribution in [3.05, 3.63) is 29.8 Å². The Kier molecular flexibility index (Phi) is 5.87. The summed E-state index contributed by atoms with van der Waals surface area (Å²) in [6.45, 7) is 0.715. The van der Waals surface area contributed by atoms with Gasteiger partial charge in [-0.15, -0.1) is 0 Å². The molecule has 0 unspecified atom stereocenters. The largest absolute Gasteiger partial charge is 0.411 e. The first kappa shape index (κ1) is 17.6. The Bertz CT molecular complexity index is 517. The summed E-state index contributed by atoms with van der Waals surface area (Å²) in [5, 5.41) is 5.51. The number of rotatable bonds is 4. The number of anilines is 1. The van der Waals surface area contributed by atoms with Gasteiger partial charge in [0, 0.05) is 11.7 Å². The van der Waals surface area contributed by atoms with Gasteiger partial charge < -0.3 is 15.4 Å². The zero-order chi connectivity index (χ0) is 16.9. The second-order valence-electron chi connectivity index (χ2n) is 5.88. The molecule has 1 saturated carbocycles. The third-order valence-corrected chi connectivity index (χ3v) is 3.75. The second kappa shape index (κ2) is 7.68. The molecule has 0 radical (unpaired) electrons. The van der Waals surface area contributed by atoms with Gasteiger partial charge in [0.15, 0.2) is 0 Å². The Morgan fingerprint density at radius 2 is 1.96 bits per heavy atom. The van der Waals surface area contributed by atoms with Crippen LogP contribution in [0.3, 0.4) is 0 Å². The van der Waals surface area contributed by atoms with E-state index in [0.29, 0.717) is 18.5 Å². The van der Waals surface area contributed by atoms with Crippen LogP contribution in [-0.4, -0.2) is 31.0 Å². The van der Waals surface area contributed by atoms with Crippen LogP contribution >= 0.6 is 0 Å². The summed E-state index contributed by atoms with van der Waals surface area (Å²) >= 11 is 0. The van der Waals surface area contributed by atoms with Gasteiger partial charge in [-0.1, -0.05) is 17.7 Å². The van der Waals surface area contributed by atoms with E-state index in [1.165, 1.54) is 0 Å². The fourth-order valence-corrected chi connectivity index (χ4v) is 2.63. The molecule has 0 heterocycles. The highest BCUT2D eigenvalue weighted by molar-refractivity contribution is 5.89. The summed E-state index contributed by atoms with van der Waals surface area (Å²) < 4.78 is 41.4. The van der Waals surface area contributed by atoms with E-state index in [1.807, 2.05) is 19.1 Å². The van der Waals surface area contributed by atoms with Gasteiger partial charge in [-0.2, -0.15) is 13.2 Å². The molecule has 0 bridgehead atoms. The first-order chi connectivity index (χ1) is 10.8. The van der Waals surface area contributed by atoms with Crippen LogP contribution < -0.4 is 10.6 Å². The number of urea groups is 1. The summed E-state index contributed by atoms with van der Waals surface area (Å²) in [6.07, 6.45) is -2.31. The number of alkyl halides is 3. The van der Waals surface area contributed by atoms with Crippen LogP contribution in [0.15, 0.2) is 24.3 Å². The van der Waals surface area contributed by atoms with Crippen LogP contribution in [0.4, 0.5) is 23.7 Å². The van der Waals surface area contributed by atoms with E-state index in [-0.39, 0.29) is 12.1 Å². The van der Waals surface area contributed by atoms with Crippen molar-refractivity contribution in [1.82, 2.24) is 5.32 Å². The van der Waals surface area contributed by atoms with Crippen LogP contribution in [0.25, 0.3) is 0 Å². The standard InChI is InChI=1S/C16H21F3N2O2/c1-11-5-7-12(8-6-11)20-15(22)21-13-3-2-4-14(9-13)23-10-16(17,18)19/h5-8,13-14H,2-4,9-10H2,1H3,(H2,20,21,22)/t13-,14-/m1/s1. The predicted molar refractivity (Wildman–Crippen MR) is 81.4 cm³/mol. The summed E-state index contributed by atoms with van der Waals surface area (Å²) in [4.78, 5) is 11.9. The molecule has 2 rings (SSSR count). The van der Waals surface area contributed by atoms with E-state index in [9.17, 15) is 18.0 Å². The Labute approximate surface area is 133 Å². The summed E-state index contributed by atoms with van der Waals surface area (Å²) in [6, 6.07) is 6.84. The SMILES string of the molecule is Cc1ccc(NC(=O)N[C@@H]2CCC[C@@H](OCC(F)(F)F)C2)cc1. The van der Waals surface area contributed by atoms with Crippen LogP contribution in [0.5, 0.6) is 0 Å². The minimum atomic E-state index is -4.32. The van der Waals surface area contributed by atoms with E-state index >= 15 is 0 Å². The number of ether oxygens (including phenoxy) is 1. The van der Waals surface area contributed by atoms with Gasteiger partial charge >= 0.3 is 12.2 Å². The summed E-state index contributed by atoms with van der Waals surface area (Å²) in [7, 11) is 0. The molecule has 128 valence electrons. The average molecular weight is 330 g/mol. The van der Waals surface area contributed by atoms with Crippen molar-refractivity contribution in [3.8, 4) is 0 Å². The van der Waals surface area contributed by atoms with Gasteiger partial charge in [0.25, 0.3) is 0 Å². The molecule has 1 aromatic carbocycles. The lowest BCUT2D eigenvalue weighted by molar-refractivity contribution is -0.188. The number of nitrogens with one attached hydrogen (secondary N) is 2. The fourth-order valence-electron chi connectivity index (χ4n) is 2.63. The lowest BCUT2D eigenvalue weighted by Gasteiger charge is -2.30. The monoisotopic (exact) mass is 330 g/mol. The Morgan fingerprint density at radius 3 is 2.61 bits per heavy atom. The van der Waals surface area contributed by atoms with Crippen molar-refractivity contribution in [1.29, 1.82) is 0 Å². The first-order valence-electron chi connectivity index (χ1n) is 7.64. The molecule has 23 heavy (non-hydrogen) atoms. The molecular weight excluding hydrogens is 309 g/mol. The minimum absolute atomic E-state index is 0.174. The number of amides is 2. The van der Waals surface area contributed by atoms with Crippen LogP contribution in [0.1, 0.15) is 31.2 Å². The Balaban J connectivity index is 1.77. The van der Waals surface area contributed by atoms with Crippen molar-refractivity contribution in [2.24, 2.45) is 0 Å². The maximum atomic E-state index is 12.2. The predicted octanol–water partition coefficient (Wildman–Crippen LogP) is 4.01. The molecular formula is C16H21F3N2O2. The zero-order valence-electron chi connectivity index (χ0n) is 13.0. The minimum Gasteiger partial charge on any atom is -0.369 e. The Morgan fingerprint density at radius 1 is 1.26 bits per heavy atom. The van der Waals surface area contributed by atoms with Gasteiger partial charge in [-0.25, -0.2) is 4.79 Å². The van der Waals surface area contributed by atoms with Gasteiger partial charge in [0.1, 0.15) is 6.61 Å². The third-order valence-electron chi connectivity index (χ3n) is 3.75. The molecule has 0 aromatic heterocycles. The van der Waals surface area contributed by atoms with E-state index in [1.54, 1.807) is 12.1 Å². The normalized spacial score (nSPS) is 21.7. The first-order valence-corrected chi connectivity index (χ1v) is 7.64. The van der Waals surface area contributed by atoms with E-state index in [2.05, 4.69) is 10.6 Å². The lowest BCUT2D eigenvalue weighted by atomic mass is 9.93. The van der Waals surface area contributed by atoms with Gasteiger partial charge in [-0.3, -0.25) is 0 Å². The molecule has 7 heteroatoms. The molecule has 0 spiro atoms. The Hall–Kier alpha value is -1.76. The number of benzene rings is 1. The third kappa shape index (κ3) is 6.48. The molecule has 2 N–H and O–H groups in total. The van der Waals surface area contributed by atoms with E-state index in [4.69, 9.17) is 4.74 Å². The van der Waals surface area contributed by atoms with E-state index < -0.39 is 18.9 Å². The molecule has 2 atom stereocenters. The highest BCUT2D eigenvalue weighted by Crippen LogP contribution is 2.24. The van der Waals surface area contributed by atoms with Crippen LogP contribution in [0.2, 0.25) is 0 Å². The molecule has 1 aromatic rings. The van der Waals surface area contributed by atoms with Gasteiger partial charge in [0.05, 0.1) is 6.10 Å². The fraction of sp³-hybridized carbons (Fsp3) is 0.562. The highest BCUT2D eigenvalue weighted by atomic mass is 19.4. The molecule has 0 aliphatic heterocycles. The van der Waals surface area contributed by atoms with Gasteiger partial charge in [-0.05, 0) is 44.7 Å². The molecule has 1 aliphatic carbocycles. The maximum absolute atomic E-state index is 12.2. The van der Waals surface area contributed by atoms with Crippen molar-refractivity contribution in [3.63, 3.8) is 0 Å². The number of halogens is 3. The molecule has 4 nitrogen and oxygen atoms in total. The van der Waals surface area contributed by atoms with E-state index in [0.717, 1.165) is 18.4 Å². The highest BCUT2D eigenvalue weighted by Gasteiger charge is 2.31. The lowest BCUT2D eigenvalue weighted by Crippen LogP contribution is -2.43. The quantitative estimate of drug-likeness (QED) is 0.876. The number of hydrogen-bond acceptors (Lipinski definition) is 2. The van der Waals surface area contributed by atoms with Crippen LogP contribution in [-0.2, 0) is 4.74 Å². The second-order valence-corrected chi connectivity index (χ2v) is 5.88. The average Bonchev–Trinajstić information content (AvgIpc) is 2.47. The van der Waals surface area contributed by atoms with Crippen molar-refractivity contribution in [2.45, 2.75) is 50.9 Å². The number of hydrogen-bond donors (Lipinski definition) is 2. The molecule has 2 amide bonds. The summed E-state index contributed by atoms with van der Waals surface area (Å²) in [5.74, 6) is 0. The molecule has 0 saturated heterocycles. The molecule has 1 fully saturated rings. The van der Waals surface area contributed by atoms with Crippen molar-refractivity contribution >= 4 is 11.7 Å². The van der Waals surface area contributed by atoms with Crippen molar-refractivity contribution < 1.29 is 22.7 Å². The smallest absolute Gasteiger partial charge is 0.369 e. The maximum Gasteiger partial charge on any atom is 0.411 e. The number of carbonyl (C=O) groups excluding carboxylic acids is 1. The summed E-state index contributed by atoms with van der Waals surface area (Å²) in [5.41, 5.74) is 1.77. The topological polar surface area (TPSA) is 50.4 Å². The van der Waals surface area contributed by atoms with Crippen LogP contribution in [0, 0.1) is 6.92 Å². The van der Waals surface area contributed by atoms with Crippen molar-refractivity contribution in [2.75, 3.05) is 11.9 Å². The number of aryl methyl sites for hydroxylation is 1. The van der Waals surface area contributed by atoms with Gasteiger partial charge in [0.2, 0.25) is 0 Å². The molecule has 1 aliphatic rings. The number of carbonyl (C=O) groups is 1. The zero-order valence-corrected chi connectivity index (χ0v) is 13.0.